The number of halogens is 2. The molecule has 0 aliphatic carbocycles. The van der Waals surface area contributed by atoms with Crippen molar-refractivity contribution < 1.29 is 4.74 Å². The van der Waals surface area contributed by atoms with Gasteiger partial charge >= 0.3 is 0 Å². The number of aromatic nitrogens is 2. The van der Waals surface area contributed by atoms with Crippen molar-refractivity contribution in [2.45, 2.75) is 49.8 Å². The van der Waals surface area contributed by atoms with E-state index < -0.39 is 0 Å². The quantitative estimate of drug-likeness (QED) is 0.765. The molecule has 0 spiro atoms. The number of hydrogen-bond acceptors (Lipinski definition) is 2. The average molecular weight is 311 g/mol. The van der Waals surface area contributed by atoms with Gasteiger partial charge in [0.15, 0.2) is 0 Å². The summed E-state index contributed by atoms with van der Waals surface area (Å²) in [5.74, 6) is 0.899. The Bertz CT molecular complexity index is 667. The number of imidazole rings is 1. The van der Waals surface area contributed by atoms with Crippen molar-refractivity contribution in [1.29, 1.82) is 0 Å². The van der Waals surface area contributed by atoms with Gasteiger partial charge in [0.25, 0.3) is 0 Å². The van der Waals surface area contributed by atoms with Gasteiger partial charge in [-0.3, -0.25) is 0 Å². The van der Waals surface area contributed by atoms with Crippen molar-refractivity contribution in [2.75, 3.05) is 0 Å². The molecule has 3 nitrogen and oxygen atoms in total. The molecule has 2 saturated heterocycles. The fraction of sp³-hybridized carbons (Fsp3) is 0.533. The first-order valence-corrected chi connectivity index (χ1v) is 7.92. The fourth-order valence-corrected chi connectivity index (χ4v) is 3.98. The van der Waals surface area contributed by atoms with Gasteiger partial charge in [-0.05, 0) is 38.3 Å². The number of rotatable bonds is 2. The van der Waals surface area contributed by atoms with Gasteiger partial charge in [0.05, 0.1) is 34.2 Å². The molecule has 106 valence electrons. The smallest absolute Gasteiger partial charge is 0.128 e. The highest BCUT2D eigenvalue weighted by molar-refractivity contribution is 6.35. The number of fused-ring (bicyclic) bond motifs is 3. The van der Waals surface area contributed by atoms with Crippen LogP contribution in [0.15, 0.2) is 18.2 Å². The molecule has 4 unspecified atom stereocenters. The molecule has 0 amide bonds. The highest BCUT2D eigenvalue weighted by atomic mass is 35.5. The molecular formula is C15H16Cl2N2O. The van der Waals surface area contributed by atoms with Crippen molar-refractivity contribution in [3.05, 3.63) is 29.0 Å². The Hall–Kier alpha value is -0.770. The Balaban J connectivity index is 1.92. The van der Waals surface area contributed by atoms with Crippen LogP contribution in [0.1, 0.15) is 43.4 Å². The minimum Gasteiger partial charge on any atom is -0.373 e. The number of ether oxygens (including phenoxy) is 1. The fourth-order valence-electron chi connectivity index (χ4n) is 3.61. The van der Waals surface area contributed by atoms with Gasteiger partial charge in [-0.25, -0.2) is 4.98 Å². The molecular weight excluding hydrogens is 295 g/mol. The van der Waals surface area contributed by atoms with Crippen LogP contribution in [0.5, 0.6) is 0 Å². The summed E-state index contributed by atoms with van der Waals surface area (Å²) in [7, 11) is 0. The second-order valence-electron chi connectivity index (χ2n) is 5.74. The summed E-state index contributed by atoms with van der Waals surface area (Å²) < 4.78 is 8.26. The Morgan fingerprint density at radius 3 is 2.90 bits per heavy atom. The second kappa shape index (κ2) is 4.62. The van der Waals surface area contributed by atoms with Crippen molar-refractivity contribution in [3.8, 4) is 0 Å². The Morgan fingerprint density at radius 1 is 1.40 bits per heavy atom. The predicted molar refractivity (Wildman–Crippen MR) is 80.6 cm³/mol. The summed E-state index contributed by atoms with van der Waals surface area (Å²) in [6, 6.07) is 6.26. The number of para-hydroxylation sites is 1. The summed E-state index contributed by atoms with van der Waals surface area (Å²) >= 11 is 12.6. The molecule has 4 rings (SSSR count). The zero-order valence-electron chi connectivity index (χ0n) is 11.2. The van der Waals surface area contributed by atoms with E-state index in [0.717, 1.165) is 29.7 Å². The summed E-state index contributed by atoms with van der Waals surface area (Å²) in [4.78, 5) is 4.68. The van der Waals surface area contributed by atoms with Gasteiger partial charge in [0.2, 0.25) is 0 Å². The van der Waals surface area contributed by atoms with Crippen LogP contribution >= 0.6 is 23.2 Å². The summed E-state index contributed by atoms with van der Waals surface area (Å²) in [5.41, 5.74) is 1.92. The zero-order valence-corrected chi connectivity index (χ0v) is 12.7. The molecule has 2 aliphatic rings. The molecule has 4 atom stereocenters. The van der Waals surface area contributed by atoms with Crippen LogP contribution in [0, 0.1) is 0 Å². The monoisotopic (exact) mass is 310 g/mol. The van der Waals surface area contributed by atoms with E-state index in [9.17, 15) is 0 Å². The van der Waals surface area contributed by atoms with E-state index in [1.54, 1.807) is 0 Å². The first kappa shape index (κ1) is 12.9. The Labute approximate surface area is 127 Å². The molecule has 2 aliphatic heterocycles. The van der Waals surface area contributed by atoms with Crippen LogP contribution in [0.2, 0.25) is 5.02 Å². The summed E-state index contributed by atoms with van der Waals surface area (Å²) in [6.45, 7) is 1.96. The minimum absolute atomic E-state index is 0.141. The van der Waals surface area contributed by atoms with Crippen molar-refractivity contribution >= 4 is 34.2 Å². The highest BCUT2D eigenvalue weighted by Crippen LogP contribution is 2.44. The first-order valence-electron chi connectivity index (χ1n) is 7.11. The molecule has 1 aromatic carbocycles. The first-order chi connectivity index (χ1) is 9.65. The molecule has 5 heteroatoms. The van der Waals surface area contributed by atoms with Crippen LogP contribution in [0.25, 0.3) is 11.0 Å². The maximum absolute atomic E-state index is 6.35. The maximum Gasteiger partial charge on any atom is 0.128 e. The standard InChI is InChI=1S/C15H16Cl2N2O/c1-8(16)15-18-14-10(17)3-2-4-11(14)19(15)12-7-9-5-6-13(12)20-9/h2-4,8-9,12-13H,5-7H2,1H3. The van der Waals surface area contributed by atoms with E-state index >= 15 is 0 Å². The van der Waals surface area contributed by atoms with E-state index in [4.69, 9.17) is 27.9 Å². The predicted octanol–water partition coefficient (Wildman–Crippen LogP) is 4.48. The molecule has 20 heavy (non-hydrogen) atoms. The summed E-state index contributed by atoms with van der Waals surface area (Å²) in [6.07, 6.45) is 4.07. The Kier molecular flexibility index (Phi) is 2.99. The molecule has 3 heterocycles. The highest BCUT2D eigenvalue weighted by Gasteiger charge is 2.43. The van der Waals surface area contributed by atoms with E-state index in [0.29, 0.717) is 23.3 Å². The zero-order chi connectivity index (χ0) is 13.9. The SMILES string of the molecule is CC(Cl)c1nc2c(Cl)cccc2n1C1CC2CCC1O2. The van der Waals surface area contributed by atoms with E-state index in [-0.39, 0.29) is 5.38 Å². The lowest BCUT2D eigenvalue weighted by atomic mass is 9.95. The second-order valence-corrected chi connectivity index (χ2v) is 6.80. The lowest BCUT2D eigenvalue weighted by molar-refractivity contribution is 0.0939. The lowest BCUT2D eigenvalue weighted by Crippen LogP contribution is -2.22. The molecule has 1 aromatic heterocycles. The van der Waals surface area contributed by atoms with Gasteiger partial charge in [0.1, 0.15) is 11.3 Å². The molecule has 2 aromatic rings. The van der Waals surface area contributed by atoms with Crippen LogP contribution in [-0.2, 0) is 4.74 Å². The molecule has 0 radical (unpaired) electrons. The molecule has 2 bridgehead atoms. The van der Waals surface area contributed by atoms with Gasteiger partial charge in [0, 0.05) is 0 Å². The van der Waals surface area contributed by atoms with Crippen LogP contribution in [0.4, 0.5) is 0 Å². The molecule has 0 N–H and O–H groups in total. The van der Waals surface area contributed by atoms with Gasteiger partial charge in [-0.15, -0.1) is 11.6 Å². The molecule has 0 saturated carbocycles. The van der Waals surface area contributed by atoms with Gasteiger partial charge in [-0.1, -0.05) is 17.7 Å². The third-order valence-electron chi connectivity index (χ3n) is 4.46. The number of hydrogen-bond donors (Lipinski definition) is 0. The van der Waals surface area contributed by atoms with Crippen molar-refractivity contribution in [1.82, 2.24) is 9.55 Å². The third kappa shape index (κ3) is 1.80. The Morgan fingerprint density at radius 2 is 2.25 bits per heavy atom. The number of nitrogens with zero attached hydrogens (tertiary/aromatic N) is 2. The summed E-state index contributed by atoms with van der Waals surface area (Å²) in [5, 5.41) is 0.543. The van der Waals surface area contributed by atoms with Crippen molar-refractivity contribution in [2.24, 2.45) is 0 Å². The lowest BCUT2D eigenvalue weighted by Gasteiger charge is -2.23. The van der Waals surface area contributed by atoms with Crippen LogP contribution < -0.4 is 0 Å². The topological polar surface area (TPSA) is 27.1 Å². The minimum atomic E-state index is -0.141. The largest absolute Gasteiger partial charge is 0.373 e. The van der Waals surface area contributed by atoms with Crippen molar-refractivity contribution in [3.63, 3.8) is 0 Å². The molecule has 2 fully saturated rings. The van der Waals surface area contributed by atoms with Crippen LogP contribution in [0.3, 0.4) is 0 Å². The maximum atomic E-state index is 6.35. The van der Waals surface area contributed by atoms with Gasteiger partial charge in [-0.2, -0.15) is 0 Å². The normalized spacial score (nSPS) is 30.2. The van der Waals surface area contributed by atoms with Gasteiger partial charge < -0.3 is 9.30 Å². The van der Waals surface area contributed by atoms with Crippen LogP contribution in [-0.4, -0.2) is 21.8 Å². The number of benzene rings is 1. The van der Waals surface area contributed by atoms with E-state index in [1.807, 2.05) is 19.1 Å². The average Bonchev–Trinajstić information content (AvgIpc) is 3.11. The third-order valence-corrected chi connectivity index (χ3v) is 4.96. The van der Waals surface area contributed by atoms with E-state index in [2.05, 4.69) is 15.6 Å². The number of alkyl halides is 1. The van der Waals surface area contributed by atoms with E-state index in [1.165, 1.54) is 6.42 Å².